The standard InChI is InChI=1S/C22H19F5N4O3/c23-15-7-14-17(8-16(15)24)28-10-18(14)31-21(33)20(32)30-11-1-3-12(4-2-11)34-13-5-6-19(29-9-13)22(25,26)27/h5-12,28H,1-4H2,(H,30,32)(H,31,33). The molecule has 0 radical (unpaired) electrons. The number of nitrogens with one attached hydrogen (secondary N) is 3. The van der Waals surface area contributed by atoms with Crippen molar-refractivity contribution >= 4 is 28.4 Å². The van der Waals surface area contributed by atoms with Crippen LogP contribution in [0.1, 0.15) is 31.4 Å². The maximum absolute atomic E-state index is 13.5. The highest BCUT2D eigenvalue weighted by Gasteiger charge is 2.32. The lowest BCUT2D eigenvalue weighted by Crippen LogP contribution is -2.44. The van der Waals surface area contributed by atoms with Crippen LogP contribution in [0.4, 0.5) is 27.6 Å². The number of H-pyrrole nitrogens is 1. The molecule has 0 saturated heterocycles. The van der Waals surface area contributed by atoms with Crippen LogP contribution in [0.5, 0.6) is 5.75 Å². The maximum Gasteiger partial charge on any atom is 0.433 e. The van der Waals surface area contributed by atoms with Crippen LogP contribution in [0.25, 0.3) is 10.9 Å². The zero-order valence-electron chi connectivity index (χ0n) is 17.5. The van der Waals surface area contributed by atoms with E-state index in [0.717, 1.165) is 24.4 Å². The lowest BCUT2D eigenvalue weighted by Gasteiger charge is -2.29. The van der Waals surface area contributed by atoms with Crippen molar-refractivity contribution < 1.29 is 36.3 Å². The number of amides is 2. The minimum absolute atomic E-state index is 0.135. The second kappa shape index (κ2) is 9.27. The number of nitrogens with zero attached hydrogens (tertiary/aromatic N) is 1. The van der Waals surface area contributed by atoms with Gasteiger partial charge in [-0.25, -0.2) is 13.8 Å². The van der Waals surface area contributed by atoms with Crippen LogP contribution in [0, 0.1) is 11.6 Å². The summed E-state index contributed by atoms with van der Waals surface area (Å²) in [5.41, 5.74) is -0.609. The van der Waals surface area contributed by atoms with E-state index in [2.05, 4.69) is 20.6 Å². The van der Waals surface area contributed by atoms with Crippen molar-refractivity contribution in [1.29, 1.82) is 0 Å². The molecule has 0 aliphatic heterocycles. The summed E-state index contributed by atoms with van der Waals surface area (Å²) in [5.74, 6) is -3.75. The normalized spacial score (nSPS) is 18.5. The van der Waals surface area contributed by atoms with Crippen LogP contribution in [-0.4, -0.2) is 33.9 Å². The predicted molar refractivity (Wildman–Crippen MR) is 111 cm³/mol. The Labute approximate surface area is 189 Å². The third kappa shape index (κ3) is 5.26. The molecular weight excluding hydrogens is 463 g/mol. The fourth-order valence-corrected chi connectivity index (χ4v) is 3.79. The SMILES string of the molecule is O=C(Nc1c[nH]c2cc(F)c(F)cc12)C(=O)NC1CCC(Oc2ccc(C(F)(F)F)nc2)CC1. The molecule has 0 spiro atoms. The number of ether oxygens (including phenoxy) is 1. The van der Waals surface area contributed by atoms with Crippen LogP contribution in [0.15, 0.2) is 36.7 Å². The van der Waals surface area contributed by atoms with Crippen LogP contribution in [0.2, 0.25) is 0 Å². The number of pyridine rings is 1. The van der Waals surface area contributed by atoms with Gasteiger partial charge in [-0.15, -0.1) is 0 Å². The summed E-state index contributed by atoms with van der Waals surface area (Å²) in [4.78, 5) is 30.6. The third-order valence-electron chi connectivity index (χ3n) is 5.52. The van der Waals surface area contributed by atoms with Gasteiger partial charge in [0.05, 0.1) is 23.5 Å². The molecule has 12 heteroatoms. The van der Waals surface area contributed by atoms with Gasteiger partial charge >= 0.3 is 18.0 Å². The fourth-order valence-electron chi connectivity index (χ4n) is 3.79. The van der Waals surface area contributed by atoms with Crippen molar-refractivity contribution in [2.24, 2.45) is 0 Å². The smallest absolute Gasteiger partial charge is 0.433 e. The van der Waals surface area contributed by atoms with Crippen LogP contribution >= 0.6 is 0 Å². The number of rotatable bonds is 4. The van der Waals surface area contributed by atoms with Crippen LogP contribution in [0.3, 0.4) is 0 Å². The number of anilines is 1. The van der Waals surface area contributed by atoms with E-state index >= 15 is 0 Å². The van der Waals surface area contributed by atoms with Gasteiger partial charge in [-0.3, -0.25) is 9.59 Å². The molecule has 2 aromatic heterocycles. The van der Waals surface area contributed by atoms with Crippen molar-refractivity contribution in [3.8, 4) is 5.75 Å². The first-order valence-electron chi connectivity index (χ1n) is 10.4. The van der Waals surface area contributed by atoms with Crippen molar-refractivity contribution in [2.75, 3.05) is 5.32 Å². The van der Waals surface area contributed by atoms with Crippen molar-refractivity contribution in [2.45, 2.75) is 44.0 Å². The predicted octanol–water partition coefficient (Wildman–Crippen LogP) is 4.30. The number of aromatic amines is 1. The van der Waals surface area contributed by atoms with Gasteiger partial charge < -0.3 is 20.4 Å². The van der Waals surface area contributed by atoms with Crippen molar-refractivity contribution in [3.63, 3.8) is 0 Å². The molecule has 2 heterocycles. The molecule has 1 aliphatic carbocycles. The second-order valence-corrected chi connectivity index (χ2v) is 7.91. The van der Waals surface area contributed by atoms with E-state index in [4.69, 9.17) is 4.74 Å². The van der Waals surface area contributed by atoms with Gasteiger partial charge in [0.2, 0.25) is 0 Å². The molecule has 0 atom stereocenters. The first-order chi connectivity index (χ1) is 16.1. The van der Waals surface area contributed by atoms with E-state index in [1.54, 1.807) is 0 Å². The van der Waals surface area contributed by atoms with Gasteiger partial charge in [0.15, 0.2) is 11.6 Å². The molecule has 1 fully saturated rings. The van der Waals surface area contributed by atoms with E-state index in [1.807, 2.05) is 0 Å². The Bertz CT molecular complexity index is 1200. The summed E-state index contributed by atoms with van der Waals surface area (Å²) >= 11 is 0. The fraction of sp³-hybridized carbons (Fsp3) is 0.318. The highest BCUT2D eigenvalue weighted by molar-refractivity contribution is 6.40. The molecule has 2 amide bonds. The quantitative estimate of drug-likeness (QED) is 0.382. The number of alkyl halides is 3. The van der Waals surface area contributed by atoms with E-state index in [-0.39, 0.29) is 34.5 Å². The number of fused-ring (bicyclic) bond motifs is 1. The number of hydrogen-bond acceptors (Lipinski definition) is 4. The first kappa shape index (κ1) is 23.5. The Morgan fingerprint density at radius 2 is 1.74 bits per heavy atom. The highest BCUT2D eigenvalue weighted by Crippen LogP contribution is 2.30. The summed E-state index contributed by atoms with van der Waals surface area (Å²) in [7, 11) is 0. The Balaban J connectivity index is 1.26. The minimum atomic E-state index is -4.52. The van der Waals surface area contributed by atoms with Crippen molar-refractivity contribution in [3.05, 3.63) is 54.0 Å². The van der Waals surface area contributed by atoms with Crippen LogP contribution in [-0.2, 0) is 15.8 Å². The Morgan fingerprint density at radius 1 is 1.03 bits per heavy atom. The summed E-state index contributed by atoms with van der Waals surface area (Å²) in [5, 5.41) is 5.21. The largest absolute Gasteiger partial charge is 0.489 e. The van der Waals surface area contributed by atoms with Crippen molar-refractivity contribution in [1.82, 2.24) is 15.3 Å². The van der Waals surface area contributed by atoms with Gasteiger partial charge in [0.25, 0.3) is 0 Å². The topological polar surface area (TPSA) is 96.1 Å². The maximum atomic E-state index is 13.5. The summed E-state index contributed by atoms with van der Waals surface area (Å²) < 4.78 is 70.3. The van der Waals surface area contributed by atoms with E-state index in [0.29, 0.717) is 25.7 Å². The second-order valence-electron chi connectivity index (χ2n) is 7.91. The molecule has 4 rings (SSSR count). The van der Waals surface area contributed by atoms with Gasteiger partial charge in [-0.1, -0.05) is 0 Å². The van der Waals surface area contributed by atoms with Gasteiger partial charge in [0.1, 0.15) is 11.4 Å². The van der Waals surface area contributed by atoms with E-state index in [9.17, 15) is 31.5 Å². The Hall–Kier alpha value is -3.70. The molecule has 3 aromatic rings. The monoisotopic (exact) mass is 482 g/mol. The lowest BCUT2D eigenvalue weighted by molar-refractivity contribution is -0.141. The number of benzene rings is 1. The summed E-state index contributed by atoms with van der Waals surface area (Å²) in [6, 6.07) is 3.62. The Morgan fingerprint density at radius 3 is 2.38 bits per heavy atom. The number of carbonyl (C=O) groups excluding carboxylic acids is 2. The molecular formula is C22H19F5N4O3. The number of hydrogen-bond donors (Lipinski definition) is 3. The molecule has 1 aromatic carbocycles. The lowest BCUT2D eigenvalue weighted by atomic mass is 9.93. The van der Waals surface area contributed by atoms with Crippen LogP contribution < -0.4 is 15.4 Å². The minimum Gasteiger partial charge on any atom is -0.489 e. The average molecular weight is 482 g/mol. The molecule has 180 valence electrons. The van der Waals surface area contributed by atoms with E-state index in [1.165, 1.54) is 12.3 Å². The zero-order chi connectivity index (χ0) is 24.5. The number of carbonyl (C=O) groups is 2. The Kier molecular flexibility index (Phi) is 6.40. The molecule has 34 heavy (non-hydrogen) atoms. The summed E-state index contributed by atoms with van der Waals surface area (Å²) in [6.07, 6.45) is -0.420. The third-order valence-corrected chi connectivity index (χ3v) is 5.52. The molecule has 0 unspecified atom stereocenters. The molecule has 0 bridgehead atoms. The molecule has 7 nitrogen and oxygen atoms in total. The van der Waals surface area contributed by atoms with Gasteiger partial charge in [-0.2, -0.15) is 13.2 Å². The summed E-state index contributed by atoms with van der Waals surface area (Å²) in [6.45, 7) is 0. The molecule has 3 N–H and O–H groups in total. The zero-order valence-corrected chi connectivity index (χ0v) is 17.5. The number of halogens is 5. The molecule has 1 saturated carbocycles. The highest BCUT2D eigenvalue weighted by atomic mass is 19.4. The van der Waals surface area contributed by atoms with E-state index < -0.39 is 35.3 Å². The molecule has 1 aliphatic rings. The van der Waals surface area contributed by atoms with Gasteiger partial charge in [-0.05, 0) is 43.9 Å². The van der Waals surface area contributed by atoms with Gasteiger partial charge in [0, 0.05) is 23.7 Å². The average Bonchev–Trinajstić information content (AvgIpc) is 3.16. The first-order valence-corrected chi connectivity index (χ1v) is 10.4. The number of aromatic nitrogens is 2.